The van der Waals surface area contributed by atoms with Crippen LogP contribution in [0.5, 0.6) is 0 Å². The van der Waals surface area contributed by atoms with Gasteiger partial charge in [0.25, 0.3) is 5.56 Å². The van der Waals surface area contributed by atoms with Gasteiger partial charge >= 0.3 is 5.69 Å². The number of H-pyrrole nitrogens is 1. The number of nitrogens with one attached hydrogen (secondary N) is 1. The molecule has 0 radical (unpaired) electrons. The van der Waals surface area contributed by atoms with Crippen LogP contribution in [-0.2, 0) is 0 Å². The third-order valence-electron chi connectivity index (χ3n) is 3.36. The van der Waals surface area contributed by atoms with Crippen LogP contribution >= 0.6 is 0 Å². The fourth-order valence-corrected chi connectivity index (χ4v) is 2.43. The summed E-state index contributed by atoms with van der Waals surface area (Å²) in [5.41, 5.74) is -0.177. The number of aromatic amines is 1. The first-order valence-electron chi connectivity index (χ1n) is 5.56. The zero-order valence-corrected chi connectivity index (χ0v) is 9.27. The Hall–Kier alpha value is -1.36. The lowest BCUT2D eigenvalue weighted by Gasteiger charge is -2.19. The largest absolute Gasteiger partial charge is 0.396 e. The minimum Gasteiger partial charge on any atom is -0.396 e. The molecule has 0 aliphatic heterocycles. The second-order valence-corrected chi connectivity index (χ2v) is 4.42. The highest BCUT2D eigenvalue weighted by molar-refractivity contribution is 5.02. The molecule has 1 saturated carbocycles. The van der Waals surface area contributed by atoms with Crippen molar-refractivity contribution in [2.24, 2.45) is 5.92 Å². The van der Waals surface area contributed by atoms with Gasteiger partial charge in [0.2, 0.25) is 0 Å². The summed E-state index contributed by atoms with van der Waals surface area (Å²) >= 11 is 0. The second-order valence-electron chi connectivity index (χ2n) is 4.42. The molecule has 2 rings (SSSR count). The number of hydrogen-bond donors (Lipinski definition) is 2. The Balaban J connectivity index is 2.44. The lowest BCUT2D eigenvalue weighted by molar-refractivity contribution is 0.193. The second kappa shape index (κ2) is 4.25. The van der Waals surface area contributed by atoms with Gasteiger partial charge in [0.1, 0.15) is 0 Å². The van der Waals surface area contributed by atoms with Crippen molar-refractivity contribution in [3.63, 3.8) is 0 Å². The van der Waals surface area contributed by atoms with Gasteiger partial charge in [-0.15, -0.1) is 0 Å². The molecule has 1 heterocycles. The summed E-state index contributed by atoms with van der Waals surface area (Å²) < 4.78 is 1.56. The molecule has 0 aromatic carbocycles. The zero-order valence-electron chi connectivity index (χ0n) is 9.27. The molecule has 5 nitrogen and oxygen atoms in total. The van der Waals surface area contributed by atoms with Gasteiger partial charge in [-0.3, -0.25) is 14.3 Å². The lowest BCUT2D eigenvalue weighted by atomic mass is 10.0. The maximum Gasteiger partial charge on any atom is 0.328 e. The molecule has 1 aromatic heterocycles. The Morgan fingerprint density at radius 1 is 1.50 bits per heavy atom. The van der Waals surface area contributed by atoms with E-state index in [-0.39, 0.29) is 29.8 Å². The summed E-state index contributed by atoms with van der Waals surface area (Å²) in [5, 5.41) is 9.23. The van der Waals surface area contributed by atoms with Gasteiger partial charge in [-0.25, -0.2) is 4.79 Å². The first-order chi connectivity index (χ1) is 7.63. The van der Waals surface area contributed by atoms with E-state index in [0.29, 0.717) is 5.56 Å². The number of rotatable bonds is 2. The molecule has 0 saturated heterocycles. The Morgan fingerprint density at radius 3 is 2.94 bits per heavy atom. The SMILES string of the molecule is Cc1cn([C@@H]2CCC[C@@H]2CO)c(=O)[nH]c1=O. The predicted octanol–water partition coefficient (Wildman–Crippen LogP) is 0.179. The maximum atomic E-state index is 11.7. The van der Waals surface area contributed by atoms with Crippen molar-refractivity contribution in [1.82, 2.24) is 9.55 Å². The van der Waals surface area contributed by atoms with Crippen LogP contribution in [0.2, 0.25) is 0 Å². The Morgan fingerprint density at radius 2 is 2.25 bits per heavy atom. The van der Waals surface area contributed by atoms with Crippen molar-refractivity contribution >= 4 is 0 Å². The first-order valence-corrected chi connectivity index (χ1v) is 5.56. The molecular formula is C11H16N2O3. The molecule has 16 heavy (non-hydrogen) atoms. The highest BCUT2D eigenvalue weighted by atomic mass is 16.3. The normalized spacial score (nSPS) is 24.9. The number of hydrogen-bond acceptors (Lipinski definition) is 3. The van der Waals surface area contributed by atoms with E-state index in [4.69, 9.17) is 0 Å². The summed E-state index contributed by atoms with van der Waals surface area (Å²) in [5.74, 6) is 0.128. The zero-order chi connectivity index (χ0) is 11.7. The molecule has 5 heteroatoms. The van der Waals surface area contributed by atoms with Gasteiger partial charge in [0.05, 0.1) is 0 Å². The fourth-order valence-electron chi connectivity index (χ4n) is 2.43. The van der Waals surface area contributed by atoms with Crippen molar-refractivity contribution < 1.29 is 5.11 Å². The number of aliphatic hydroxyl groups is 1. The molecule has 2 atom stereocenters. The van der Waals surface area contributed by atoms with Crippen LogP contribution in [0.3, 0.4) is 0 Å². The molecular weight excluding hydrogens is 208 g/mol. The number of nitrogens with zero attached hydrogens (tertiary/aromatic N) is 1. The molecule has 1 aliphatic rings. The molecule has 0 unspecified atom stereocenters. The molecule has 2 N–H and O–H groups in total. The van der Waals surface area contributed by atoms with Crippen LogP contribution in [0.25, 0.3) is 0 Å². The minimum absolute atomic E-state index is 0.0213. The molecule has 1 fully saturated rings. The van der Waals surface area contributed by atoms with Crippen molar-refractivity contribution in [1.29, 1.82) is 0 Å². The molecule has 88 valence electrons. The number of aromatic nitrogens is 2. The maximum absolute atomic E-state index is 11.7. The number of aliphatic hydroxyl groups excluding tert-OH is 1. The van der Waals surface area contributed by atoms with Gasteiger partial charge in [0, 0.05) is 30.3 Å². The summed E-state index contributed by atoms with van der Waals surface area (Å²) in [6.45, 7) is 1.77. The van der Waals surface area contributed by atoms with Gasteiger partial charge in [0.15, 0.2) is 0 Å². The minimum atomic E-state index is -0.374. The lowest BCUT2D eigenvalue weighted by Crippen LogP contribution is -2.35. The smallest absolute Gasteiger partial charge is 0.328 e. The average Bonchev–Trinajstić information content (AvgIpc) is 2.71. The highest BCUT2D eigenvalue weighted by Gasteiger charge is 2.28. The van der Waals surface area contributed by atoms with Crippen LogP contribution in [0.1, 0.15) is 30.9 Å². The van der Waals surface area contributed by atoms with E-state index < -0.39 is 0 Å². The van der Waals surface area contributed by atoms with E-state index >= 15 is 0 Å². The number of aryl methyl sites for hydroxylation is 1. The van der Waals surface area contributed by atoms with Crippen LogP contribution in [0.4, 0.5) is 0 Å². The standard InChI is InChI=1S/C11H16N2O3/c1-7-5-13(11(16)12-10(7)15)9-4-2-3-8(9)6-14/h5,8-9,14H,2-4,6H2,1H3,(H,12,15,16)/t8-,9-/m1/s1. The summed E-state index contributed by atoms with van der Waals surface area (Å²) in [4.78, 5) is 25.2. The predicted molar refractivity (Wildman–Crippen MR) is 59.5 cm³/mol. The van der Waals surface area contributed by atoms with Gasteiger partial charge < -0.3 is 5.11 Å². The summed E-state index contributed by atoms with van der Waals surface area (Å²) in [7, 11) is 0. The van der Waals surface area contributed by atoms with Crippen LogP contribution in [0.15, 0.2) is 15.8 Å². The Bertz CT molecular complexity index is 489. The molecule has 0 spiro atoms. The quantitative estimate of drug-likeness (QED) is 0.752. The van der Waals surface area contributed by atoms with Crippen molar-refractivity contribution in [3.05, 3.63) is 32.6 Å². The molecule has 1 aromatic rings. The summed E-state index contributed by atoms with van der Waals surface area (Å²) in [6, 6.07) is 0.0213. The Kier molecular flexibility index (Phi) is 2.96. The van der Waals surface area contributed by atoms with E-state index in [0.717, 1.165) is 19.3 Å². The summed E-state index contributed by atoms with van der Waals surface area (Å²) in [6.07, 6.45) is 4.43. The van der Waals surface area contributed by atoms with Crippen molar-refractivity contribution in [2.45, 2.75) is 32.2 Å². The third-order valence-corrected chi connectivity index (χ3v) is 3.36. The average molecular weight is 224 g/mol. The van der Waals surface area contributed by atoms with E-state index in [9.17, 15) is 14.7 Å². The molecule has 0 bridgehead atoms. The van der Waals surface area contributed by atoms with Crippen LogP contribution in [-0.4, -0.2) is 21.3 Å². The van der Waals surface area contributed by atoms with Crippen LogP contribution in [0, 0.1) is 12.8 Å². The van der Waals surface area contributed by atoms with E-state index in [2.05, 4.69) is 4.98 Å². The van der Waals surface area contributed by atoms with Gasteiger partial charge in [-0.05, 0) is 19.8 Å². The van der Waals surface area contributed by atoms with Crippen LogP contribution < -0.4 is 11.2 Å². The van der Waals surface area contributed by atoms with E-state index in [1.165, 1.54) is 0 Å². The first kappa shape index (κ1) is 11.1. The molecule has 0 amide bonds. The van der Waals surface area contributed by atoms with E-state index in [1.54, 1.807) is 17.7 Å². The van der Waals surface area contributed by atoms with Crippen molar-refractivity contribution in [3.8, 4) is 0 Å². The van der Waals surface area contributed by atoms with Crippen molar-refractivity contribution in [2.75, 3.05) is 6.61 Å². The Labute approximate surface area is 92.7 Å². The highest BCUT2D eigenvalue weighted by Crippen LogP contribution is 2.34. The van der Waals surface area contributed by atoms with E-state index in [1.807, 2.05) is 0 Å². The fraction of sp³-hybridized carbons (Fsp3) is 0.636. The molecule has 1 aliphatic carbocycles. The third kappa shape index (κ3) is 1.82. The monoisotopic (exact) mass is 224 g/mol. The van der Waals surface area contributed by atoms with Gasteiger partial charge in [-0.2, -0.15) is 0 Å². The topological polar surface area (TPSA) is 75.1 Å². The van der Waals surface area contributed by atoms with Gasteiger partial charge in [-0.1, -0.05) is 6.42 Å².